The lowest BCUT2D eigenvalue weighted by Gasteiger charge is -2.15. The van der Waals surface area contributed by atoms with Crippen molar-refractivity contribution in [2.75, 3.05) is 16.9 Å². The number of hydrogen-bond acceptors (Lipinski definition) is 6. The van der Waals surface area contributed by atoms with Crippen molar-refractivity contribution in [2.45, 2.75) is 19.8 Å². The molecule has 0 unspecified atom stereocenters. The molecule has 2 aromatic carbocycles. The largest absolute Gasteiger partial charge is 0.494 e. The van der Waals surface area contributed by atoms with Gasteiger partial charge >= 0.3 is 0 Å². The molecule has 0 spiro atoms. The van der Waals surface area contributed by atoms with Crippen LogP contribution in [-0.2, 0) is 9.59 Å². The van der Waals surface area contributed by atoms with Crippen molar-refractivity contribution in [1.82, 2.24) is 5.43 Å². The van der Waals surface area contributed by atoms with Crippen molar-refractivity contribution in [2.24, 2.45) is 0 Å². The van der Waals surface area contributed by atoms with E-state index in [-0.39, 0.29) is 5.91 Å². The van der Waals surface area contributed by atoms with Crippen LogP contribution >= 0.6 is 24.0 Å². The molecule has 0 saturated carbocycles. The predicted octanol–water partition coefficient (Wildman–Crippen LogP) is 4.34. The van der Waals surface area contributed by atoms with Crippen molar-refractivity contribution >= 4 is 58.1 Å². The van der Waals surface area contributed by atoms with Gasteiger partial charge in [-0.05, 0) is 54.5 Å². The average Bonchev–Trinajstić information content (AvgIpc) is 3.01. The Kier molecular flexibility index (Phi) is 7.26. The molecule has 0 aromatic heterocycles. The van der Waals surface area contributed by atoms with Crippen molar-refractivity contribution in [3.05, 3.63) is 59.0 Å². The minimum absolute atomic E-state index is 0.157. The van der Waals surface area contributed by atoms with E-state index in [1.165, 1.54) is 16.7 Å². The maximum atomic E-state index is 12.9. The van der Waals surface area contributed by atoms with E-state index in [1.54, 1.807) is 24.3 Å². The van der Waals surface area contributed by atoms with Crippen LogP contribution in [0, 0.1) is 0 Å². The second-order valence-corrected chi connectivity index (χ2v) is 7.90. The molecule has 150 valence electrons. The Hall–Kier alpha value is -2.84. The van der Waals surface area contributed by atoms with E-state index in [1.807, 2.05) is 30.3 Å². The summed E-state index contributed by atoms with van der Waals surface area (Å²) in [6.07, 6.45) is 4.49. The second-order valence-electron chi connectivity index (χ2n) is 6.22. The lowest BCUT2D eigenvalue weighted by molar-refractivity contribution is -0.113. The molecule has 0 aliphatic carbocycles. The summed E-state index contributed by atoms with van der Waals surface area (Å²) in [6.45, 7) is 2.83. The van der Waals surface area contributed by atoms with Crippen LogP contribution in [0.2, 0.25) is 0 Å². The number of carbonyl (C=O) groups is 2. The molecule has 0 atom stereocenters. The number of amides is 2. The Labute approximate surface area is 179 Å². The van der Waals surface area contributed by atoms with Gasteiger partial charge in [0.2, 0.25) is 6.41 Å². The number of thiocarbonyl (C=S) groups is 1. The molecule has 0 radical (unpaired) electrons. The SMILES string of the molecule is CCCCOc1ccc(C=C2SC(=S)N(c3ccc(NNC=O)cc3)C2=O)cc1. The summed E-state index contributed by atoms with van der Waals surface area (Å²) in [5, 5.41) is 0. The zero-order chi connectivity index (χ0) is 20.6. The van der Waals surface area contributed by atoms with Gasteiger partial charge in [0.05, 0.1) is 22.9 Å². The minimum atomic E-state index is -0.157. The van der Waals surface area contributed by atoms with E-state index < -0.39 is 0 Å². The topological polar surface area (TPSA) is 70.7 Å². The van der Waals surface area contributed by atoms with Gasteiger partial charge in [-0.2, -0.15) is 0 Å². The van der Waals surface area contributed by atoms with E-state index in [9.17, 15) is 9.59 Å². The fourth-order valence-corrected chi connectivity index (χ4v) is 3.94. The first-order valence-corrected chi connectivity index (χ1v) is 10.4. The van der Waals surface area contributed by atoms with Crippen molar-refractivity contribution in [3.8, 4) is 5.75 Å². The number of thioether (sulfide) groups is 1. The van der Waals surface area contributed by atoms with Crippen LogP contribution in [-0.4, -0.2) is 23.2 Å². The van der Waals surface area contributed by atoms with Crippen molar-refractivity contribution in [3.63, 3.8) is 0 Å². The molecule has 2 amide bonds. The molecule has 1 heterocycles. The first kappa shape index (κ1) is 20.9. The van der Waals surface area contributed by atoms with E-state index in [0.717, 1.165) is 24.2 Å². The van der Waals surface area contributed by atoms with Gasteiger partial charge in [-0.25, -0.2) is 0 Å². The lowest BCUT2D eigenvalue weighted by Crippen LogP contribution is -2.27. The van der Waals surface area contributed by atoms with Crippen molar-refractivity contribution < 1.29 is 14.3 Å². The maximum Gasteiger partial charge on any atom is 0.270 e. The molecular formula is C21H21N3O3S2. The Bertz CT molecular complexity index is 912. The first-order chi connectivity index (χ1) is 14.1. The fraction of sp³-hybridized carbons (Fsp3) is 0.190. The van der Waals surface area contributed by atoms with E-state index in [4.69, 9.17) is 17.0 Å². The van der Waals surface area contributed by atoms with Crippen molar-refractivity contribution in [1.29, 1.82) is 0 Å². The molecule has 3 rings (SSSR count). The summed E-state index contributed by atoms with van der Waals surface area (Å²) in [4.78, 5) is 25.3. The van der Waals surface area contributed by atoms with Crippen LogP contribution in [0.15, 0.2) is 53.4 Å². The number of unbranched alkanes of at least 4 members (excludes halogenated alkanes) is 1. The van der Waals surface area contributed by atoms with Gasteiger partial charge < -0.3 is 4.74 Å². The molecule has 0 bridgehead atoms. The average molecular weight is 428 g/mol. The zero-order valence-electron chi connectivity index (χ0n) is 15.9. The molecule has 8 heteroatoms. The second kappa shape index (κ2) is 10.1. The summed E-state index contributed by atoms with van der Waals surface area (Å²) in [6, 6.07) is 14.7. The molecule has 1 aliphatic rings. The Morgan fingerprint density at radius 1 is 1.14 bits per heavy atom. The third kappa shape index (κ3) is 5.36. The highest BCUT2D eigenvalue weighted by Crippen LogP contribution is 2.36. The van der Waals surface area contributed by atoms with Crippen LogP contribution in [0.1, 0.15) is 25.3 Å². The lowest BCUT2D eigenvalue weighted by atomic mass is 10.2. The monoisotopic (exact) mass is 427 g/mol. The van der Waals surface area contributed by atoms with Gasteiger partial charge in [-0.1, -0.05) is 49.5 Å². The first-order valence-electron chi connectivity index (χ1n) is 9.18. The Morgan fingerprint density at radius 3 is 2.52 bits per heavy atom. The number of carbonyl (C=O) groups excluding carboxylic acids is 2. The number of ether oxygens (including phenoxy) is 1. The third-order valence-electron chi connectivity index (χ3n) is 4.14. The number of nitrogens with one attached hydrogen (secondary N) is 2. The highest BCUT2D eigenvalue weighted by molar-refractivity contribution is 8.27. The molecular weight excluding hydrogens is 406 g/mol. The fourth-order valence-electron chi connectivity index (χ4n) is 2.64. The number of hydrogen-bond donors (Lipinski definition) is 2. The summed E-state index contributed by atoms with van der Waals surface area (Å²) >= 11 is 6.68. The molecule has 29 heavy (non-hydrogen) atoms. The van der Waals surface area contributed by atoms with Gasteiger partial charge in [0.15, 0.2) is 4.32 Å². The Morgan fingerprint density at radius 2 is 1.86 bits per heavy atom. The van der Waals surface area contributed by atoms with E-state index in [0.29, 0.717) is 33.6 Å². The number of rotatable bonds is 9. The van der Waals surface area contributed by atoms with Gasteiger partial charge in [0.25, 0.3) is 5.91 Å². The van der Waals surface area contributed by atoms with Crippen LogP contribution < -0.4 is 20.5 Å². The molecule has 6 nitrogen and oxygen atoms in total. The van der Waals surface area contributed by atoms with E-state index in [2.05, 4.69) is 17.8 Å². The van der Waals surface area contributed by atoms with Crippen LogP contribution in [0.5, 0.6) is 5.75 Å². The smallest absolute Gasteiger partial charge is 0.270 e. The highest BCUT2D eigenvalue weighted by Gasteiger charge is 2.33. The summed E-state index contributed by atoms with van der Waals surface area (Å²) < 4.78 is 6.15. The Balaban J connectivity index is 1.70. The summed E-state index contributed by atoms with van der Waals surface area (Å²) in [5.74, 6) is 0.663. The minimum Gasteiger partial charge on any atom is -0.494 e. The summed E-state index contributed by atoms with van der Waals surface area (Å²) in [5.41, 5.74) is 7.36. The third-order valence-corrected chi connectivity index (χ3v) is 5.44. The van der Waals surface area contributed by atoms with Crippen LogP contribution in [0.4, 0.5) is 11.4 Å². The molecule has 2 N–H and O–H groups in total. The number of anilines is 2. The normalized spacial score (nSPS) is 14.9. The standard InChI is InChI=1S/C21H21N3O3S2/c1-2-3-12-27-18-10-4-15(5-11-18)13-19-20(26)24(21(28)29-19)17-8-6-16(7-9-17)23-22-14-25/h4-11,13-14,23H,2-3,12H2,1H3,(H,22,25). The number of hydrazine groups is 1. The highest BCUT2D eigenvalue weighted by atomic mass is 32.2. The molecule has 2 aromatic rings. The summed E-state index contributed by atoms with van der Waals surface area (Å²) in [7, 11) is 0. The predicted molar refractivity (Wildman–Crippen MR) is 122 cm³/mol. The van der Waals surface area contributed by atoms with Gasteiger partial charge in [-0.3, -0.25) is 25.3 Å². The quantitative estimate of drug-likeness (QED) is 0.204. The number of benzene rings is 2. The maximum absolute atomic E-state index is 12.9. The van der Waals surface area contributed by atoms with Gasteiger partial charge in [-0.15, -0.1) is 0 Å². The van der Waals surface area contributed by atoms with E-state index >= 15 is 0 Å². The van der Waals surface area contributed by atoms with Crippen LogP contribution in [0.25, 0.3) is 6.08 Å². The van der Waals surface area contributed by atoms with Gasteiger partial charge in [0.1, 0.15) is 5.75 Å². The van der Waals surface area contributed by atoms with Gasteiger partial charge in [0, 0.05) is 0 Å². The van der Waals surface area contributed by atoms with Crippen LogP contribution in [0.3, 0.4) is 0 Å². The zero-order valence-corrected chi connectivity index (χ0v) is 17.5. The molecule has 1 saturated heterocycles. The molecule has 1 fully saturated rings. The number of nitrogens with zero attached hydrogens (tertiary/aromatic N) is 1. The molecule has 1 aliphatic heterocycles.